The van der Waals surface area contributed by atoms with Crippen LogP contribution in [-0.4, -0.2) is 67.8 Å². The summed E-state index contributed by atoms with van der Waals surface area (Å²) in [5, 5.41) is 8.73. The van der Waals surface area contributed by atoms with E-state index in [4.69, 9.17) is 21.3 Å². The molecule has 7 heteroatoms. The van der Waals surface area contributed by atoms with E-state index in [-0.39, 0.29) is 0 Å². The minimum atomic E-state index is 0.417. The first kappa shape index (κ1) is 20.0. The van der Waals surface area contributed by atoms with Crippen molar-refractivity contribution >= 4 is 28.5 Å². The molecule has 0 amide bonds. The summed E-state index contributed by atoms with van der Waals surface area (Å²) in [5.74, 6) is 0.871. The van der Waals surface area contributed by atoms with Gasteiger partial charge in [0.05, 0.1) is 19.8 Å². The lowest BCUT2D eigenvalue weighted by molar-refractivity contribution is 0.0220. The topological polar surface area (TPSA) is 64.7 Å². The molecular formula is C20H30ClN5O. The number of ether oxygens (including phenoxy) is 1. The van der Waals surface area contributed by atoms with Crippen LogP contribution in [0, 0.1) is 0 Å². The van der Waals surface area contributed by atoms with E-state index in [0.717, 1.165) is 68.9 Å². The van der Waals surface area contributed by atoms with Gasteiger partial charge in [0.2, 0.25) is 0 Å². The van der Waals surface area contributed by atoms with E-state index < -0.39 is 0 Å². The number of benzene rings is 1. The van der Waals surface area contributed by atoms with Crippen molar-refractivity contribution in [3.8, 4) is 0 Å². The number of rotatable bonds is 7. The Morgan fingerprint density at radius 2 is 2.15 bits per heavy atom. The average molecular weight is 392 g/mol. The van der Waals surface area contributed by atoms with Crippen LogP contribution in [0.25, 0.3) is 10.9 Å². The van der Waals surface area contributed by atoms with Gasteiger partial charge in [-0.3, -0.25) is 9.89 Å². The molecular weight excluding hydrogens is 362 g/mol. The first-order valence-corrected chi connectivity index (χ1v) is 10.1. The van der Waals surface area contributed by atoms with E-state index in [1.54, 1.807) is 0 Å². The monoisotopic (exact) mass is 391 g/mol. The molecule has 0 radical (unpaired) electrons. The van der Waals surface area contributed by atoms with Crippen LogP contribution in [0.15, 0.2) is 29.4 Å². The smallest absolute Gasteiger partial charge is 0.191 e. The van der Waals surface area contributed by atoms with Gasteiger partial charge in [0.1, 0.15) is 0 Å². The molecule has 0 saturated carbocycles. The fraction of sp³-hybridized carbons (Fsp3) is 0.550. The number of fused-ring (bicyclic) bond motifs is 1. The van der Waals surface area contributed by atoms with Crippen LogP contribution in [0.4, 0.5) is 0 Å². The molecule has 3 rings (SSSR count). The minimum absolute atomic E-state index is 0.417. The van der Waals surface area contributed by atoms with Gasteiger partial charge in [-0.2, -0.15) is 0 Å². The maximum atomic E-state index is 6.14. The number of aromatic nitrogens is 1. The number of nitrogens with zero attached hydrogens (tertiary/aromatic N) is 2. The molecule has 0 aliphatic carbocycles. The lowest BCUT2D eigenvalue weighted by atomic mass is 10.1. The van der Waals surface area contributed by atoms with E-state index in [1.165, 1.54) is 10.9 Å². The zero-order chi connectivity index (χ0) is 19.1. The van der Waals surface area contributed by atoms with Crippen molar-refractivity contribution < 1.29 is 4.74 Å². The molecule has 1 aromatic heterocycles. The number of aliphatic imine (C=N–C) groups is 1. The molecule has 1 aliphatic heterocycles. The zero-order valence-electron chi connectivity index (χ0n) is 16.2. The number of H-pyrrole nitrogens is 1. The Balaban J connectivity index is 1.53. The Morgan fingerprint density at radius 1 is 1.33 bits per heavy atom. The molecule has 1 aromatic carbocycles. The van der Waals surface area contributed by atoms with Gasteiger partial charge < -0.3 is 20.4 Å². The SMILES string of the molecule is CCNC(=NCC(C)N1CCOCC1)NCCc1c[nH]c2ccc(Cl)cc12. The minimum Gasteiger partial charge on any atom is -0.379 e. The lowest BCUT2D eigenvalue weighted by Crippen LogP contribution is -2.44. The van der Waals surface area contributed by atoms with Gasteiger partial charge in [-0.15, -0.1) is 0 Å². The molecule has 1 saturated heterocycles. The molecule has 3 N–H and O–H groups in total. The Bertz CT molecular complexity index is 754. The van der Waals surface area contributed by atoms with E-state index in [9.17, 15) is 0 Å². The molecule has 6 nitrogen and oxygen atoms in total. The Kier molecular flexibility index (Phi) is 7.38. The number of hydrogen-bond donors (Lipinski definition) is 3. The van der Waals surface area contributed by atoms with Crippen molar-refractivity contribution in [1.82, 2.24) is 20.5 Å². The van der Waals surface area contributed by atoms with Crippen LogP contribution in [0.1, 0.15) is 19.4 Å². The lowest BCUT2D eigenvalue weighted by Gasteiger charge is -2.31. The number of morpholine rings is 1. The molecule has 148 valence electrons. The third kappa shape index (κ3) is 5.61. The maximum Gasteiger partial charge on any atom is 0.191 e. The first-order valence-electron chi connectivity index (χ1n) is 9.77. The summed E-state index contributed by atoms with van der Waals surface area (Å²) < 4.78 is 5.43. The normalized spacial score (nSPS) is 17.2. The predicted molar refractivity (Wildman–Crippen MR) is 113 cm³/mol. The number of halogens is 1. The molecule has 0 bridgehead atoms. The highest BCUT2D eigenvalue weighted by Crippen LogP contribution is 2.22. The summed E-state index contributed by atoms with van der Waals surface area (Å²) in [5.41, 5.74) is 2.38. The maximum absolute atomic E-state index is 6.14. The van der Waals surface area contributed by atoms with Crippen molar-refractivity contribution in [2.75, 3.05) is 45.9 Å². The van der Waals surface area contributed by atoms with Crippen LogP contribution in [0.3, 0.4) is 0 Å². The third-order valence-electron chi connectivity index (χ3n) is 4.94. The Labute approximate surface area is 166 Å². The number of nitrogens with one attached hydrogen (secondary N) is 3. The predicted octanol–water partition coefficient (Wildman–Crippen LogP) is 2.64. The first-order chi connectivity index (χ1) is 13.2. The van der Waals surface area contributed by atoms with E-state index >= 15 is 0 Å². The summed E-state index contributed by atoms with van der Waals surface area (Å²) in [4.78, 5) is 10.5. The average Bonchev–Trinajstić information content (AvgIpc) is 3.08. The largest absolute Gasteiger partial charge is 0.379 e. The zero-order valence-corrected chi connectivity index (χ0v) is 17.0. The van der Waals surface area contributed by atoms with Gasteiger partial charge in [0.15, 0.2) is 5.96 Å². The van der Waals surface area contributed by atoms with Crippen LogP contribution in [0.5, 0.6) is 0 Å². The second kappa shape index (κ2) is 9.97. The molecule has 1 atom stereocenters. The molecule has 1 fully saturated rings. The number of aromatic amines is 1. The second-order valence-corrected chi connectivity index (χ2v) is 7.33. The van der Waals surface area contributed by atoms with Crippen molar-refractivity contribution in [1.29, 1.82) is 0 Å². The summed E-state index contributed by atoms with van der Waals surface area (Å²) in [6.45, 7) is 10.4. The van der Waals surface area contributed by atoms with Gasteiger partial charge in [0, 0.05) is 54.3 Å². The Morgan fingerprint density at radius 3 is 2.93 bits per heavy atom. The van der Waals surface area contributed by atoms with Gasteiger partial charge in [0.25, 0.3) is 0 Å². The van der Waals surface area contributed by atoms with Crippen LogP contribution in [-0.2, 0) is 11.2 Å². The number of guanidine groups is 1. The quantitative estimate of drug-likeness (QED) is 0.501. The van der Waals surface area contributed by atoms with Crippen LogP contribution < -0.4 is 10.6 Å². The van der Waals surface area contributed by atoms with Crippen molar-refractivity contribution in [2.24, 2.45) is 4.99 Å². The van der Waals surface area contributed by atoms with Crippen LogP contribution in [0.2, 0.25) is 5.02 Å². The van der Waals surface area contributed by atoms with Crippen molar-refractivity contribution in [3.63, 3.8) is 0 Å². The van der Waals surface area contributed by atoms with E-state index in [0.29, 0.717) is 6.04 Å². The van der Waals surface area contributed by atoms with Gasteiger partial charge in [-0.1, -0.05) is 11.6 Å². The molecule has 0 spiro atoms. The molecule has 1 unspecified atom stereocenters. The van der Waals surface area contributed by atoms with Gasteiger partial charge >= 0.3 is 0 Å². The van der Waals surface area contributed by atoms with Crippen molar-refractivity contribution in [3.05, 3.63) is 35.0 Å². The van der Waals surface area contributed by atoms with Gasteiger partial charge in [-0.25, -0.2) is 0 Å². The molecule has 2 heterocycles. The summed E-state index contributed by atoms with van der Waals surface area (Å²) >= 11 is 6.14. The highest BCUT2D eigenvalue weighted by Gasteiger charge is 2.16. The standard InChI is InChI=1S/C20H30ClN5O/c1-3-22-20(25-13-15(2)26-8-10-27-11-9-26)23-7-6-16-14-24-19-5-4-17(21)12-18(16)19/h4-5,12,14-15,24H,3,6-11,13H2,1-2H3,(H2,22,23,25). The van der Waals surface area contributed by atoms with Crippen LogP contribution >= 0.6 is 11.6 Å². The van der Waals surface area contributed by atoms with E-state index in [1.807, 2.05) is 18.2 Å². The summed E-state index contributed by atoms with van der Waals surface area (Å²) in [6.07, 6.45) is 2.97. The second-order valence-electron chi connectivity index (χ2n) is 6.90. The highest BCUT2D eigenvalue weighted by atomic mass is 35.5. The fourth-order valence-electron chi connectivity index (χ4n) is 3.37. The molecule has 2 aromatic rings. The Hall–Kier alpha value is -1.76. The van der Waals surface area contributed by atoms with Crippen molar-refractivity contribution in [2.45, 2.75) is 26.3 Å². The van der Waals surface area contributed by atoms with E-state index in [2.05, 4.69) is 40.6 Å². The highest BCUT2D eigenvalue weighted by molar-refractivity contribution is 6.31. The van der Waals surface area contributed by atoms with Gasteiger partial charge in [-0.05, 0) is 44.0 Å². The molecule has 1 aliphatic rings. The summed E-state index contributed by atoms with van der Waals surface area (Å²) in [6, 6.07) is 6.37. The molecule has 27 heavy (non-hydrogen) atoms. The fourth-order valence-corrected chi connectivity index (χ4v) is 3.54. The summed E-state index contributed by atoms with van der Waals surface area (Å²) in [7, 11) is 0. The number of hydrogen-bond acceptors (Lipinski definition) is 3. The third-order valence-corrected chi connectivity index (χ3v) is 5.18.